The van der Waals surface area contributed by atoms with Crippen LogP contribution in [0.3, 0.4) is 0 Å². The van der Waals surface area contributed by atoms with Gasteiger partial charge in [-0.1, -0.05) is 31.2 Å². The third kappa shape index (κ3) is 2.50. The van der Waals surface area contributed by atoms with Crippen molar-refractivity contribution in [2.45, 2.75) is 20.3 Å². The zero-order valence-corrected chi connectivity index (χ0v) is 11.8. The molecule has 0 N–H and O–H groups in total. The maximum absolute atomic E-state index is 6.03. The van der Waals surface area contributed by atoms with Gasteiger partial charge >= 0.3 is 0 Å². The highest BCUT2D eigenvalue weighted by Crippen LogP contribution is 2.29. The number of hydrogen-bond acceptors (Lipinski definition) is 2. The number of para-hydroxylation sites is 1. The molecule has 0 spiro atoms. The summed E-state index contributed by atoms with van der Waals surface area (Å²) in [7, 11) is 0. The highest BCUT2D eigenvalue weighted by atomic mass is 16.5. The van der Waals surface area contributed by atoms with Gasteiger partial charge in [0.2, 0.25) is 0 Å². The SMILES string of the molecule is CCc1ccc(Oc2cc(C)nc3ccccc23)cc1. The number of rotatable bonds is 3. The lowest BCUT2D eigenvalue weighted by atomic mass is 10.1. The summed E-state index contributed by atoms with van der Waals surface area (Å²) in [5, 5.41) is 1.04. The van der Waals surface area contributed by atoms with Crippen LogP contribution >= 0.6 is 0 Å². The molecule has 0 saturated heterocycles. The van der Waals surface area contributed by atoms with Gasteiger partial charge in [0.15, 0.2) is 0 Å². The summed E-state index contributed by atoms with van der Waals surface area (Å²) in [5.74, 6) is 1.72. The molecule has 0 aliphatic heterocycles. The summed E-state index contributed by atoms with van der Waals surface area (Å²) >= 11 is 0. The fourth-order valence-electron chi connectivity index (χ4n) is 2.27. The Labute approximate surface area is 119 Å². The number of pyridine rings is 1. The van der Waals surface area contributed by atoms with Crippen molar-refractivity contribution >= 4 is 10.9 Å². The standard InChI is InChI=1S/C18H17NO/c1-3-14-8-10-15(11-9-14)20-18-12-13(2)19-17-7-5-4-6-16(17)18/h4-12H,3H2,1-2H3. The zero-order chi connectivity index (χ0) is 13.9. The molecule has 0 amide bonds. The first-order valence-corrected chi connectivity index (χ1v) is 6.89. The van der Waals surface area contributed by atoms with E-state index in [1.807, 2.05) is 49.4 Å². The molecule has 0 fully saturated rings. The van der Waals surface area contributed by atoms with Crippen LogP contribution in [-0.4, -0.2) is 4.98 Å². The van der Waals surface area contributed by atoms with Crippen LogP contribution < -0.4 is 4.74 Å². The first-order valence-electron chi connectivity index (χ1n) is 6.89. The van der Waals surface area contributed by atoms with E-state index in [2.05, 4.69) is 24.0 Å². The third-order valence-electron chi connectivity index (χ3n) is 3.37. The average Bonchev–Trinajstić information content (AvgIpc) is 2.48. The zero-order valence-electron chi connectivity index (χ0n) is 11.8. The second-order valence-electron chi connectivity index (χ2n) is 4.88. The van der Waals surface area contributed by atoms with Crippen LogP contribution in [0, 0.1) is 6.92 Å². The Kier molecular flexibility index (Phi) is 3.38. The van der Waals surface area contributed by atoms with Crippen LogP contribution in [0.25, 0.3) is 10.9 Å². The number of fused-ring (bicyclic) bond motifs is 1. The van der Waals surface area contributed by atoms with Crippen LogP contribution in [0.2, 0.25) is 0 Å². The second-order valence-corrected chi connectivity index (χ2v) is 4.88. The maximum atomic E-state index is 6.03. The molecule has 20 heavy (non-hydrogen) atoms. The van der Waals surface area contributed by atoms with Gasteiger partial charge in [0.05, 0.1) is 5.52 Å². The molecule has 0 radical (unpaired) electrons. The Morgan fingerprint density at radius 3 is 2.50 bits per heavy atom. The van der Waals surface area contributed by atoms with Gasteiger partial charge in [-0.3, -0.25) is 4.98 Å². The fourth-order valence-corrected chi connectivity index (χ4v) is 2.27. The van der Waals surface area contributed by atoms with Gasteiger partial charge in [0, 0.05) is 17.1 Å². The summed E-state index contributed by atoms with van der Waals surface area (Å²) in [6, 6.07) is 18.3. The smallest absolute Gasteiger partial charge is 0.138 e. The van der Waals surface area contributed by atoms with Crippen molar-refractivity contribution < 1.29 is 4.74 Å². The summed E-state index contributed by atoms with van der Waals surface area (Å²) in [6.45, 7) is 4.13. The summed E-state index contributed by atoms with van der Waals surface area (Å²) < 4.78 is 6.03. The number of nitrogens with zero attached hydrogens (tertiary/aromatic N) is 1. The van der Waals surface area contributed by atoms with Gasteiger partial charge in [-0.25, -0.2) is 0 Å². The molecule has 0 atom stereocenters. The summed E-state index contributed by atoms with van der Waals surface area (Å²) in [5.41, 5.74) is 3.24. The average molecular weight is 263 g/mol. The highest BCUT2D eigenvalue weighted by molar-refractivity contribution is 5.85. The first kappa shape index (κ1) is 12.7. The van der Waals surface area contributed by atoms with E-state index in [1.165, 1.54) is 5.56 Å². The number of benzene rings is 2. The Bertz CT molecular complexity index is 732. The van der Waals surface area contributed by atoms with Crippen molar-refractivity contribution in [1.29, 1.82) is 0 Å². The molecular formula is C18H17NO. The Hall–Kier alpha value is -2.35. The number of hydrogen-bond donors (Lipinski definition) is 0. The van der Waals surface area contributed by atoms with Crippen LogP contribution in [0.15, 0.2) is 54.6 Å². The molecule has 100 valence electrons. The molecule has 0 saturated carbocycles. The summed E-state index contributed by atoms with van der Waals surface area (Å²) in [4.78, 5) is 4.53. The van der Waals surface area contributed by atoms with Crippen LogP contribution in [0.4, 0.5) is 0 Å². The maximum Gasteiger partial charge on any atom is 0.138 e. The minimum atomic E-state index is 0.859. The fraction of sp³-hybridized carbons (Fsp3) is 0.167. The van der Waals surface area contributed by atoms with E-state index < -0.39 is 0 Å². The topological polar surface area (TPSA) is 22.1 Å². The van der Waals surface area contributed by atoms with Crippen molar-refractivity contribution in [2.75, 3.05) is 0 Å². The number of aromatic nitrogens is 1. The number of aryl methyl sites for hydroxylation is 2. The van der Waals surface area contributed by atoms with E-state index in [0.717, 1.165) is 34.5 Å². The van der Waals surface area contributed by atoms with Gasteiger partial charge < -0.3 is 4.74 Å². The monoisotopic (exact) mass is 263 g/mol. The van der Waals surface area contributed by atoms with Crippen LogP contribution in [0.5, 0.6) is 11.5 Å². The van der Waals surface area contributed by atoms with Crippen molar-refractivity contribution in [3.05, 3.63) is 65.9 Å². The lowest BCUT2D eigenvalue weighted by Gasteiger charge is -2.10. The van der Waals surface area contributed by atoms with E-state index in [0.29, 0.717) is 0 Å². The number of ether oxygens (including phenoxy) is 1. The molecule has 2 heteroatoms. The molecule has 1 aromatic heterocycles. The largest absolute Gasteiger partial charge is 0.457 e. The predicted octanol–water partition coefficient (Wildman–Crippen LogP) is 4.90. The van der Waals surface area contributed by atoms with Gasteiger partial charge in [0.25, 0.3) is 0 Å². The van der Waals surface area contributed by atoms with Crippen molar-refractivity contribution in [2.24, 2.45) is 0 Å². The molecule has 0 aliphatic rings. The first-order chi connectivity index (χ1) is 9.76. The summed E-state index contributed by atoms with van der Waals surface area (Å²) in [6.07, 6.45) is 1.04. The molecule has 3 aromatic rings. The lowest BCUT2D eigenvalue weighted by molar-refractivity contribution is 0.487. The van der Waals surface area contributed by atoms with Gasteiger partial charge in [0.1, 0.15) is 11.5 Å². The second kappa shape index (κ2) is 5.33. The Morgan fingerprint density at radius 2 is 1.75 bits per heavy atom. The van der Waals surface area contributed by atoms with Crippen molar-refractivity contribution in [3.63, 3.8) is 0 Å². The molecule has 2 aromatic carbocycles. The molecule has 0 bridgehead atoms. The minimum Gasteiger partial charge on any atom is -0.457 e. The van der Waals surface area contributed by atoms with Gasteiger partial charge in [-0.15, -0.1) is 0 Å². The molecule has 0 aliphatic carbocycles. The van der Waals surface area contributed by atoms with Gasteiger partial charge in [-0.2, -0.15) is 0 Å². The van der Waals surface area contributed by atoms with E-state index >= 15 is 0 Å². The Morgan fingerprint density at radius 1 is 1.00 bits per heavy atom. The highest BCUT2D eigenvalue weighted by Gasteiger charge is 2.05. The third-order valence-corrected chi connectivity index (χ3v) is 3.37. The Balaban J connectivity index is 2.01. The van der Waals surface area contributed by atoms with Gasteiger partial charge in [-0.05, 0) is 43.2 Å². The molecule has 1 heterocycles. The molecular weight excluding hydrogens is 246 g/mol. The van der Waals surface area contributed by atoms with E-state index in [9.17, 15) is 0 Å². The van der Waals surface area contributed by atoms with Crippen molar-refractivity contribution in [3.8, 4) is 11.5 Å². The van der Waals surface area contributed by atoms with E-state index in [4.69, 9.17) is 4.74 Å². The molecule has 3 rings (SSSR count). The lowest BCUT2D eigenvalue weighted by Crippen LogP contribution is -1.90. The molecule has 0 unspecified atom stereocenters. The predicted molar refractivity (Wildman–Crippen MR) is 82.4 cm³/mol. The van der Waals surface area contributed by atoms with E-state index in [1.54, 1.807) is 0 Å². The minimum absolute atomic E-state index is 0.859. The van der Waals surface area contributed by atoms with E-state index in [-0.39, 0.29) is 0 Å². The van der Waals surface area contributed by atoms with Crippen LogP contribution in [0.1, 0.15) is 18.2 Å². The van der Waals surface area contributed by atoms with Crippen molar-refractivity contribution in [1.82, 2.24) is 4.98 Å². The normalized spacial score (nSPS) is 10.7. The van der Waals surface area contributed by atoms with Crippen LogP contribution in [-0.2, 0) is 6.42 Å². The quantitative estimate of drug-likeness (QED) is 0.670. The molecule has 2 nitrogen and oxygen atoms in total.